The van der Waals surface area contributed by atoms with Crippen LogP contribution in [0.15, 0.2) is 18.3 Å². The molecule has 0 unspecified atom stereocenters. The van der Waals surface area contributed by atoms with Crippen molar-refractivity contribution in [3.05, 3.63) is 23.9 Å². The molecule has 0 radical (unpaired) electrons. The largest absolute Gasteiger partial charge is 0.385 e. The summed E-state index contributed by atoms with van der Waals surface area (Å²) in [5.74, 6) is 0.567. The number of nitrogens with one attached hydrogen (secondary N) is 2. The number of amides is 1. The maximum atomic E-state index is 12.0. The summed E-state index contributed by atoms with van der Waals surface area (Å²) < 4.78 is 4.98. The third kappa shape index (κ3) is 5.70. The fourth-order valence-electron chi connectivity index (χ4n) is 1.74. The quantitative estimate of drug-likeness (QED) is 0.671. The number of aromatic nitrogens is 1. The molecule has 0 fully saturated rings. The molecular weight excluding hydrogens is 242 g/mol. The summed E-state index contributed by atoms with van der Waals surface area (Å²) >= 11 is 0. The Morgan fingerprint density at radius 3 is 2.95 bits per heavy atom. The van der Waals surface area contributed by atoms with E-state index in [4.69, 9.17) is 4.74 Å². The molecule has 1 aromatic heterocycles. The van der Waals surface area contributed by atoms with E-state index in [-0.39, 0.29) is 5.91 Å². The first-order valence-corrected chi connectivity index (χ1v) is 6.75. The Bertz CT molecular complexity index is 383. The number of pyridine rings is 1. The molecule has 1 aromatic rings. The van der Waals surface area contributed by atoms with Gasteiger partial charge in [-0.1, -0.05) is 0 Å². The van der Waals surface area contributed by atoms with E-state index >= 15 is 0 Å². The Hall–Kier alpha value is -1.62. The molecule has 1 rings (SSSR count). The van der Waals surface area contributed by atoms with Crippen molar-refractivity contribution in [3.8, 4) is 0 Å². The van der Waals surface area contributed by atoms with Crippen LogP contribution in [-0.4, -0.2) is 37.7 Å². The minimum Gasteiger partial charge on any atom is -0.385 e. The average Bonchev–Trinajstić information content (AvgIpc) is 2.43. The van der Waals surface area contributed by atoms with E-state index in [2.05, 4.69) is 15.6 Å². The number of hydrogen-bond acceptors (Lipinski definition) is 4. The summed E-state index contributed by atoms with van der Waals surface area (Å²) in [6, 6.07) is 3.56. The molecule has 0 aliphatic carbocycles. The lowest BCUT2D eigenvalue weighted by molar-refractivity contribution is 0.0953. The molecule has 0 aliphatic heterocycles. The molecule has 2 N–H and O–H groups in total. The molecule has 1 amide bonds. The summed E-state index contributed by atoms with van der Waals surface area (Å²) in [7, 11) is 1.70. The minimum absolute atomic E-state index is 0.0733. The lowest BCUT2D eigenvalue weighted by Gasteiger charge is -2.09. The number of unbranched alkanes of at least 4 members (excludes halogenated alkanes) is 2. The number of rotatable bonds is 9. The summed E-state index contributed by atoms with van der Waals surface area (Å²) in [5.41, 5.74) is 0.598. The molecule has 0 aliphatic rings. The van der Waals surface area contributed by atoms with Crippen LogP contribution in [0.1, 0.15) is 36.5 Å². The van der Waals surface area contributed by atoms with Gasteiger partial charge >= 0.3 is 0 Å². The Labute approximate surface area is 114 Å². The summed E-state index contributed by atoms with van der Waals surface area (Å²) in [4.78, 5) is 16.2. The maximum Gasteiger partial charge on any atom is 0.255 e. The van der Waals surface area contributed by atoms with Crippen molar-refractivity contribution in [2.75, 3.05) is 32.1 Å². The zero-order chi connectivity index (χ0) is 13.9. The standard InChI is InChI=1S/C14H23N3O2/c1-3-15-13-12(8-7-10-16-13)14(18)17-9-5-4-6-11-19-2/h7-8,10H,3-6,9,11H2,1-2H3,(H,15,16)(H,17,18). The molecule has 0 spiro atoms. The molecule has 0 saturated heterocycles. The molecule has 1 heterocycles. The van der Waals surface area contributed by atoms with Gasteiger partial charge in [-0.2, -0.15) is 0 Å². The van der Waals surface area contributed by atoms with E-state index in [0.29, 0.717) is 17.9 Å². The van der Waals surface area contributed by atoms with Crippen LogP contribution in [0.3, 0.4) is 0 Å². The van der Waals surface area contributed by atoms with Gasteiger partial charge in [0.2, 0.25) is 0 Å². The van der Waals surface area contributed by atoms with Crippen molar-refractivity contribution in [2.24, 2.45) is 0 Å². The zero-order valence-corrected chi connectivity index (χ0v) is 11.7. The molecule has 0 saturated carbocycles. The molecule has 106 valence electrons. The molecule has 19 heavy (non-hydrogen) atoms. The van der Waals surface area contributed by atoms with Gasteiger partial charge in [0.15, 0.2) is 0 Å². The highest BCUT2D eigenvalue weighted by molar-refractivity contribution is 5.98. The van der Waals surface area contributed by atoms with Crippen molar-refractivity contribution in [1.29, 1.82) is 0 Å². The van der Waals surface area contributed by atoms with E-state index in [9.17, 15) is 4.79 Å². The molecule has 0 aromatic carbocycles. The van der Waals surface area contributed by atoms with Gasteiger partial charge in [-0.15, -0.1) is 0 Å². The smallest absolute Gasteiger partial charge is 0.255 e. The predicted octanol–water partition coefficient (Wildman–Crippen LogP) is 2.06. The Morgan fingerprint density at radius 2 is 2.21 bits per heavy atom. The molecule has 0 atom stereocenters. The van der Waals surface area contributed by atoms with Gasteiger partial charge in [0.1, 0.15) is 5.82 Å². The summed E-state index contributed by atoms with van der Waals surface area (Å²) in [5, 5.41) is 6.00. The van der Waals surface area contributed by atoms with Crippen molar-refractivity contribution in [1.82, 2.24) is 10.3 Å². The number of hydrogen-bond donors (Lipinski definition) is 2. The van der Waals surface area contributed by atoms with Crippen molar-refractivity contribution in [2.45, 2.75) is 26.2 Å². The van der Waals surface area contributed by atoms with E-state index in [0.717, 1.165) is 32.4 Å². The van der Waals surface area contributed by atoms with Gasteiger partial charge in [0.25, 0.3) is 5.91 Å². The van der Waals surface area contributed by atoms with Crippen LogP contribution in [-0.2, 0) is 4.74 Å². The monoisotopic (exact) mass is 265 g/mol. The molecule has 5 heteroatoms. The number of nitrogens with zero attached hydrogens (tertiary/aromatic N) is 1. The first-order valence-electron chi connectivity index (χ1n) is 6.75. The Kier molecular flexibility index (Phi) is 7.58. The maximum absolute atomic E-state index is 12.0. The van der Waals surface area contributed by atoms with Crippen LogP contribution in [0.25, 0.3) is 0 Å². The minimum atomic E-state index is -0.0733. The Balaban J connectivity index is 2.36. The second-order valence-corrected chi connectivity index (χ2v) is 4.24. The van der Waals surface area contributed by atoms with Gasteiger partial charge in [-0.25, -0.2) is 4.98 Å². The van der Waals surface area contributed by atoms with Crippen molar-refractivity contribution < 1.29 is 9.53 Å². The van der Waals surface area contributed by atoms with Crippen LogP contribution in [0, 0.1) is 0 Å². The van der Waals surface area contributed by atoms with Gasteiger partial charge in [0, 0.05) is 33.0 Å². The topological polar surface area (TPSA) is 63.2 Å². The number of anilines is 1. The zero-order valence-electron chi connectivity index (χ0n) is 11.7. The summed E-state index contributed by atoms with van der Waals surface area (Å²) in [6.45, 7) is 4.19. The van der Waals surface area contributed by atoms with E-state index < -0.39 is 0 Å². The van der Waals surface area contributed by atoms with E-state index in [1.165, 1.54) is 0 Å². The van der Waals surface area contributed by atoms with Crippen LogP contribution in [0.2, 0.25) is 0 Å². The number of methoxy groups -OCH3 is 1. The number of carbonyl (C=O) groups is 1. The van der Waals surface area contributed by atoms with Gasteiger partial charge < -0.3 is 15.4 Å². The lowest BCUT2D eigenvalue weighted by atomic mass is 10.2. The van der Waals surface area contributed by atoms with E-state index in [1.54, 1.807) is 25.4 Å². The van der Waals surface area contributed by atoms with Crippen LogP contribution in [0.5, 0.6) is 0 Å². The average molecular weight is 265 g/mol. The van der Waals surface area contributed by atoms with Crippen LogP contribution < -0.4 is 10.6 Å². The van der Waals surface area contributed by atoms with E-state index in [1.807, 2.05) is 6.92 Å². The molecule has 0 bridgehead atoms. The molecular formula is C14H23N3O2. The van der Waals surface area contributed by atoms with Crippen molar-refractivity contribution in [3.63, 3.8) is 0 Å². The van der Waals surface area contributed by atoms with Crippen LogP contribution in [0.4, 0.5) is 5.82 Å². The fourth-order valence-corrected chi connectivity index (χ4v) is 1.74. The summed E-state index contributed by atoms with van der Waals surface area (Å²) in [6.07, 6.45) is 4.73. The highest BCUT2D eigenvalue weighted by atomic mass is 16.5. The fraction of sp³-hybridized carbons (Fsp3) is 0.571. The van der Waals surface area contributed by atoms with Gasteiger partial charge in [-0.3, -0.25) is 4.79 Å². The first-order chi connectivity index (χ1) is 9.29. The first kappa shape index (κ1) is 15.4. The molecule has 5 nitrogen and oxygen atoms in total. The van der Waals surface area contributed by atoms with Gasteiger partial charge in [-0.05, 0) is 38.3 Å². The lowest BCUT2D eigenvalue weighted by Crippen LogP contribution is -2.25. The third-order valence-electron chi connectivity index (χ3n) is 2.71. The Morgan fingerprint density at radius 1 is 1.37 bits per heavy atom. The highest BCUT2D eigenvalue weighted by Crippen LogP contribution is 2.10. The normalized spacial score (nSPS) is 10.2. The second kappa shape index (κ2) is 9.33. The van der Waals surface area contributed by atoms with Gasteiger partial charge in [0.05, 0.1) is 5.56 Å². The SMILES string of the molecule is CCNc1ncccc1C(=O)NCCCCCOC. The highest BCUT2D eigenvalue weighted by Gasteiger charge is 2.10. The number of ether oxygens (including phenoxy) is 1. The predicted molar refractivity (Wildman–Crippen MR) is 76.5 cm³/mol. The number of carbonyl (C=O) groups excluding carboxylic acids is 1. The second-order valence-electron chi connectivity index (χ2n) is 4.24. The van der Waals surface area contributed by atoms with Crippen molar-refractivity contribution >= 4 is 11.7 Å². The third-order valence-corrected chi connectivity index (χ3v) is 2.71. The van der Waals surface area contributed by atoms with Crippen LogP contribution >= 0.6 is 0 Å².